The summed E-state index contributed by atoms with van der Waals surface area (Å²) < 4.78 is 33.1. The van der Waals surface area contributed by atoms with Crippen LogP contribution in [0, 0.1) is 13.8 Å². The smallest absolute Gasteiger partial charge is 0.249 e. The van der Waals surface area contributed by atoms with Crippen LogP contribution < -0.4 is 5.32 Å². The molecule has 0 bridgehead atoms. The zero-order valence-electron chi connectivity index (χ0n) is 13.8. The molecule has 9 heteroatoms. The molecule has 0 saturated carbocycles. The van der Waals surface area contributed by atoms with E-state index in [1.807, 2.05) is 12.1 Å². The van der Waals surface area contributed by atoms with Crippen LogP contribution in [-0.2, 0) is 14.8 Å². The van der Waals surface area contributed by atoms with Gasteiger partial charge in [-0.3, -0.25) is 4.79 Å². The van der Waals surface area contributed by atoms with E-state index in [9.17, 15) is 13.2 Å². The zero-order chi connectivity index (χ0) is 18.2. The number of aromatic nitrogens is 1. The Hall–Kier alpha value is -1.71. The molecule has 0 spiro atoms. The fourth-order valence-electron chi connectivity index (χ4n) is 3.01. The van der Waals surface area contributed by atoms with E-state index in [1.54, 1.807) is 26.0 Å². The second-order valence-corrected chi connectivity index (χ2v) is 8.67. The highest BCUT2D eigenvalue weighted by molar-refractivity contribution is 9.10. The van der Waals surface area contributed by atoms with Crippen LogP contribution in [0.2, 0.25) is 0 Å². The zero-order valence-corrected chi connectivity index (χ0v) is 16.2. The van der Waals surface area contributed by atoms with E-state index >= 15 is 0 Å². The topological polar surface area (TPSA) is 92.5 Å². The molecule has 1 amide bonds. The predicted molar refractivity (Wildman–Crippen MR) is 95.7 cm³/mol. The van der Waals surface area contributed by atoms with Crippen LogP contribution >= 0.6 is 15.9 Å². The molecule has 1 aromatic carbocycles. The van der Waals surface area contributed by atoms with Crippen LogP contribution in [0.3, 0.4) is 0 Å². The first-order valence-corrected chi connectivity index (χ1v) is 10.0. The first-order valence-electron chi connectivity index (χ1n) is 7.82. The van der Waals surface area contributed by atoms with Gasteiger partial charge < -0.3 is 9.84 Å². The number of hydrogen-bond acceptors (Lipinski definition) is 5. The third kappa shape index (κ3) is 3.49. The molecule has 0 unspecified atom stereocenters. The summed E-state index contributed by atoms with van der Waals surface area (Å²) in [6.07, 6.45) is 1.10. The molecule has 1 aliphatic rings. The molecule has 0 aliphatic carbocycles. The first-order chi connectivity index (χ1) is 11.8. The lowest BCUT2D eigenvalue weighted by Gasteiger charge is -2.23. The number of halogens is 1. The van der Waals surface area contributed by atoms with Crippen molar-refractivity contribution in [3.63, 3.8) is 0 Å². The van der Waals surface area contributed by atoms with Gasteiger partial charge in [-0.2, -0.15) is 4.31 Å². The number of carbonyl (C=O) groups excluding carboxylic acids is 1. The molecule has 2 heterocycles. The van der Waals surface area contributed by atoms with Gasteiger partial charge in [0.25, 0.3) is 0 Å². The lowest BCUT2D eigenvalue weighted by atomic mass is 10.2. The molecule has 1 saturated heterocycles. The van der Waals surface area contributed by atoms with Crippen molar-refractivity contribution in [1.82, 2.24) is 9.46 Å². The summed E-state index contributed by atoms with van der Waals surface area (Å²) in [5.41, 5.74) is 0.922. The van der Waals surface area contributed by atoms with Gasteiger partial charge >= 0.3 is 0 Å². The van der Waals surface area contributed by atoms with Gasteiger partial charge in [-0.1, -0.05) is 21.1 Å². The van der Waals surface area contributed by atoms with Crippen molar-refractivity contribution in [3.8, 4) is 0 Å². The number of benzene rings is 1. The van der Waals surface area contributed by atoms with Crippen LogP contribution in [0.1, 0.15) is 24.3 Å². The molecule has 0 radical (unpaired) electrons. The van der Waals surface area contributed by atoms with Crippen LogP contribution in [0.15, 0.2) is 38.2 Å². The highest BCUT2D eigenvalue weighted by atomic mass is 79.9. The number of rotatable bonds is 4. The lowest BCUT2D eigenvalue weighted by Crippen LogP contribution is -2.43. The van der Waals surface area contributed by atoms with Crippen molar-refractivity contribution in [1.29, 1.82) is 0 Å². The maximum atomic E-state index is 13.0. The van der Waals surface area contributed by atoms with Crippen LogP contribution in [0.4, 0.5) is 5.69 Å². The molecular formula is C16H18BrN3O4S. The van der Waals surface area contributed by atoms with Gasteiger partial charge in [0.05, 0.1) is 0 Å². The van der Waals surface area contributed by atoms with E-state index in [0.717, 1.165) is 4.47 Å². The maximum absolute atomic E-state index is 13.0. The van der Waals surface area contributed by atoms with Gasteiger partial charge in [0.2, 0.25) is 15.9 Å². The Labute approximate surface area is 154 Å². The summed E-state index contributed by atoms with van der Waals surface area (Å²) in [6.45, 7) is 3.43. The van der Waals surface area contributed by atoms with Crippen molar-refractivity contribution < 1.29 is 17.7 Å². The highest BCUT2D eigenvalue weighted by Crippen LogP contribution is 2.30. The average molecular weight is 428 g/mol. The number of hydrogen-bond donors (Lipinski definition) is 1. The molecule has 2 aromatic rings. The lowest BCUT2D eigenvalue weighted by molar-refractivity contribution is -0.119. The monoisotopic (exact) mass is 427 g/mol. The van der Waals surface area contributed by atoms with E-state index in [-0.39, 0.29) is 16.6 Å². The molecule has 1 N–H and O–H groups in total. The summed E-state index contributed by atoms with van der Waals surface area (Å²) in [4.78, 5) is 12.7. The molecule has 3 rings (SSSR count). The Morgan fingerprint density at radius 1 is 1.32 bits per heavy atom. The number of sulfonamides is 1. The summed E-state index contributed by atoms with van der Waals surface area (Å²) >= 11 is 3.33. The quantitative estimate of drug-likeness (QED) is 0.809. The molecule has 7 nitrogen and oxygen atoms in total. The fraction of sp³-hybridized carbons (Fsp3) is 0.375. The number of nitrogens with one attached hydrogen (secondary N) is 1. The number of nitrogens with zero attached hydrogens (tertiary/aromatic N) is 2. The third-order valence-electron chi connectivity index (χ3n) is 4.15. The first kappa shape index (κ1) is 18.1. The van der Waals surface area contributed by atoms with E-state index in [1.165, 1.54) is 4.31 Å². The van der Waals surface area contributed by atoms with Gasteiger partial charge in [0.15, 0.2) is 5.76 Å². The van der Waals surface area contributed by atoms with E-state index in [4.69, 9.17) is 4.52 Å². The molecule has 1 fully saturated rings. The van der Waals surface area contributed by atoms with Crippen molar-refractivity contribution >= 4 is 37.5 Å². The summed E-state index contributed by atoms with van der Waals surface area (Å²) in [7, 11) is -3.84. The second kappa shape index (κ2) is 6.89. The molecular weight excluding hydrogens is 410 g/mol. The minimum Gasteiger partial charge on any atom is -0.360 e. The number of aryl methyl sites for hydroxylation is 2. The molecule has 134 valence electrons. The second-order valence-electron chi connectivity index (χ2n) is 5.92. The van der Waals surface area contributed by atoms with Crippen molar-refractivity contribution in [2.24, 2.45) is 0 Å². The molecule has 25 heavy (non-hydrogen) atoms. The third-order valence-corrected chi connectivity index (χ3v) is 6.83. The SMILES string of the molecule is Cc1noc(C)c1S(=O)(=O)N1CCC[C@H]1C(=O)Nc1ccc(Br)cc1. The molecule has 1 aliphatic heterocycles. The summed E-state index contributed by atoms with van der Waals surface area (Å²) in [6, 6.07) is 6.38. The number of amides is 1. The predicted octanol–water partition coefficient (Wildman–Crippen LogP) is 2.85. The Bertz CT molecular complexity index is 873. The van der Waals surface area contributed by atoms with Crippen molar-refractivity contribution in [3.05, 3.63) is 40.2 Å². The van der Waals surface area contributed by atoms with Crippen LogP contribution in [-0.4, -0.2) is 36.4 Å². The Balaban J connectivity index is 1.85. The Kier molecular flexibility index (Phi) is 4.99. The normalized spacial score (nSPS) is 18.4. The Morgan fingerprint density at radius 2 is 2.00 bits per heavy atom. The van der Waals surface area contributed by atoms with Gasteiger partial charge in [-0.15, -0.1) is 0 Å². The molecule has 1 aromatic heterocycles. The van der Waals surface area contributed by atoms with Crippen molar-refractivity contribution in [2.45, 2.75) is 37.6 Å². The average Bonchev–Trinajstić information content (AvgIpc) is 3.17. The summed E-state index contributed by atoms with van der Waals surface area (Å²) in [5.74, 6) is -0.105. The van der Waals surface area contributed by atoms with E-state index in [0.29, 0.717) is 30.8 Å². The number of carbonyl (C=O) groups is 1. The van der Waals surface area contributed by atoms with Crippen LogP contribution in [0.5, 0.6) is 0 Å². The van der Waals surface area contributed by atoms with Crippen molar-refractivity contribution in [2.75, 3.05) is 11.9 Å². The van der Waals surface area contributed by atoms with E-state index < -0.39 is 16.1 Å². The van der Waals surface area contributed by atoms with Gasteiger partial charge in [0, 0.05) is 16.7 Å². The van der Waals surface area contributed by atoms with Gasteiger partial charge in [0.1, 0.15) is 16.6 Å². The fourth-order valence-corrected chi connectivity index (χ4v) is 5.22. The summed E-state index contributed by atoms with van der Waals surface area (Å²) in [5, 5.41) is 6.50. The Morgan fingerprint density at radius 3 is 2.60 bits per heavy atom. The van der Waals surface area contributed by atoms with Gasteiger partial charge in [-0.25, -0.2) is 8.42 Å². The maximum Gasteiger partial charge on any atom is 0.249 e. The molecule has 1 atom stereocenters. The number of anilines is 1. The van der Waals surface area contributed by atoms with E-state index in [2.05, 4.69) is 26.4 Å². The van der Waals surface area contributed by atoms with Gasteiger partial charge in [-0.05, 0) is 51.0 Å². The minimum absolute atomic E-state index is 0.0517. The standard InChI is InChI=1S/C16H18BrN3O4S/c1-10-15(11(2)24-19-10)25(22,23)20-9-3-4-14(20)16(21)18-13-7-5-12(17)6-8-13/h5-8,14H,3-4,9H2,1-2H3,(H,18,21)/t14-/m0/s1. The largest absolute Gasteiger partial charge is 0.360 e. The van der Waals surface area contributed by atoms with Crippen LogP contribution in [0.25, 0.3) is 0 Å². The minimum atomic E-state index is -3.84. The highest BCUT2D eigenvalue weighted by Gasteiger charge is 2.41.